The summed E-state index contributed by atoms with van der Waals surface area (Å²) in [6.07, 6.45) is 2.46. The number of hydrogen-bond acceptors (Lipinski definition) is 5. The van der Waals surface area contributed by atoms with Crippen molar-refractivity contribution in [2.75, 3.05) is 25.0 Å². The summed E-state index contributed by atoms with van der Waals surface area (Å²) in [6, 6.07) is 10.9. The number of aromatic nitrogens is 2. The van der Waals surface area contributed by atoms with Gasteiger partial charge in [-0.2, -0.15) is 4.98 Å². The van der Waals surface area contributed by atoms with E-state index in [-0.39, 0.29) is 5.82 Å². The Kier molecular flexibility index (Phi) is 4.36. The highest BCUT2D eigenvalue weighted by Gasteiger charge is 2.22. The molecule has 0 aliphatic carbocycles. The van der Waals surface area contributed by atoms with Crippen LogP contribution in [0.15, 0.2) is 40.9 Å². The molecule has 1 unspecified atom stereocenters. The van der Waals surface area contributed by atoms with E-state index in [0.29, 0.717) is 28.4 Å². The van der Waals surface area contributed by atoms with Gasteiger partial charge in [-0.15, -0.1) is 0 Å². The number of halogens is 1. The van der Waals surface area contributed by atoms with Crippen molar-refractivity contribution in [2.45, 2.75) is 25.8 Å². The summed E-state index contributed by atoms with van der Waals surface area (Å²) in [5, 5.41) is 8.12. The molecule has 0 radical (unpaired) electrons. The fourth-order valence-electron chi connectivity index (χ4n) is 3.54. The van der Waals surface area contributed by atoms with Crippen molar-refractivity contribution >= 4 is 16.9 Å². The normalized spacial score (nSPS) is 18.1. The topological polar surface area (TPSA) is 54.2 Å². The standard InChI is InChI=1S/C19H21FN4O/c1-2-24-11-5-6-13(24)12-21-17-10-9-15-18(23-25-19(15)22-17)14-7-3-4-8-16(14)20/h3-4,7-10,13H,2,5-6,11-12H2,1H3,(H,21,22). The number of hydrogen-bond donors (Lipinski definition) is 1. The quantitative estimate of drug-likeness (QED) is 0.763. The minimum absolute atomic E-state index is 0.319. The second-order valence-corrected chi connectivity index (χ2v) is 6.37. The molecule has 0 bridgehead atoms. The molecule has 1 atom stereocenters. The van der Waals surface area contributed by atoms with Gasteiger partial charge < -0.3 is 9.84 Å². The van der Waals surface area contributed by atoms with E-state index in [1.54, 1.807) is 18.2 Å². The number of likely N-dealkylation sites (N-methyl/N-ethyl adjacent to an activating group) is 1. The molecule has 6 heteroatoms. The summed E-state index contributed by atoms with van der Waals surface area (Å²) in [5.41, 5.74) is 1.33. The van der Waals surface area contributed by atoms with Crippen LogP contribution in [0.2, 0.25) is 0 Å². The van der Waals surface area contributed by atoms with Gasteiger partial charge in [0.05, 0.1) is 5.39 Å². The predicted molar refractivity (Wildman–Crippen MR) is 96.0 cm³/mol. The van der Waals surface area contributed by atoms with Gasteiger partial charge >= 0.3 is 0 Å². The number of benzene rings is 1. The van der Waals surface area contributed by atoms with Crippen LogP contribution in [0.1, 0.15) is 19.8 Å². The van der Waals surface area contributed by atoms with Crippen LogP contribution >= 0.6 is 0 Å². The average molecular weight is 340 g/mol. The van der Waals surface area contributed by atoms with Crippen LogP contribution in [-0.2, 0) is 0 Å². The number of anilines is 1. The lowest BCUT2D eigenvalue weighted by Crippen LogP contribution is -2.34. The largest absolute Gasteiger partial charge is 0.368 e. The van der Waals surface area contributed by atoms with Gasteiger partial charge in [0.25, 0.3) is 5.71 Å². The SMILES string of the molecule is CCN1CCCC1CNc1ccc2c(-c3ccccc3F)noc2n1. The molecule has 3 heterocycles. The van der Waals surface area contributed by atoms with Gasteiger partial charge in [-0.25, -0.2) is 4.39 Å². The molecule has 25 heavy (non-hydrogen) atoms. The van der Waals surface area contributed by atoms with Crippen molar-refractivity contribution in [3.8, 4) is 11.3 Å². The summed E-state index contributed by atoms with van der Waals surface area (Å²) in [6.45, 7) is 5.30. The lowest BCUT2D eigenvalue weighted by Gasteiger charge is -2.23. The molecular formula is C19H21FN4O. The van der Waals surface area contributed by atoms with Crippen LogP contribution < -0.4 is 5.32 Å². The third-order valence-corrected chi connectivity index (χ3v) is 4.89. The van der Waals surface area contributed by atoms with Gasteiger partial charge in [-0.1, -0.05) is 24.2 Å². The first kappa shape index (κ1) is 16.0. The second kappa shape index (κ2) is 6.80. The highest BCUT2D eigenvalue weighted by Crippen LogP contribution is 2.29. The molecule has 1 aliphatic heterocycles. The Labute approximate surface area is 145 Å². The molecule has 5 nitrogen and oxygen atoms in total. The van der Waals surface area contributed by atoms with E-state index in [2.05, 4.69) is 27.3 Å². The Morgan fingerprint density at radius 1 is 1.28 bits per heavy atom. The first-order chi connectivity index (χ1) is 12.3. The number of nitrogens with zero attached hydrogens (tertiary/aromatic N) is 3. The van der Waals surface area contributed by atoms with E-state index in [1.807, 2.05) is 12.1 Å². The third kappa shape index (κ3) is 3.09. The molecule has 0 amide bonds. The molecule has 1 aliphatic rings. The van der Waals surface area contributed by atoms with Crippen molar-refractivity contribution < 1.29 is 8.91 Å². The zero-order valence-electron chi connectivity index (χ0n) is 14.2. The van der Waals surface area contributed by atoms with Crippen LogP contribution in [0.3, 0.4) is 0 Å². The maximum atomic E-state index is 14.0. The minimum atomic E-state index is -0.319. The molecule has 130 valence electrons. The number of likely N-dealkylation sites (tertiary alicyclic amines) is 1. The molecule has 4 rings (SSSR count). The molecular weight excluding hydrogens is 319 g/mol. The zero-order chi connectivity index (χ0) is 17.2. The van der Waals surface area contributed by atoms with Crippen LogP contribution in [0, 0.1) is 5.82 Å². The molecule has 3 aromatic rings. The maximum absolute atomic E-state index is 14.0. The van der Waals surface area contributed by atoms with Gasteiger partial charge in [-0.05, 0) is 50.2 Å². The van der Waals surface area contributed by atoms with E-state index >= 15 is 0 Å². The molecule has 2 aromatic heterocycles. The third-order valence-electron chi connectivity index (χ3n) is 4.89. The summed E-state index contributed by atoms with van der Waals surface area (Å²) < 4.78 is 19.3. The molecule has 0 saturated carbocycles. The Bertz CT molecular complexity index is 879. The van der Waals surface area contributed by atoms with E-state index in [4.69, 9.17) is 4.52 Å². The fourth-order valence-corrected chi connectivity index (χ4v) is 3.54. The van der Waals surface area contributed by atoms with Crippen LogP contribution in [0.25, 0.3) is 22.4 Å². The fraction of sp³-hybridized carbons (Fsp3) is 0.368. The minimum Gasteiger partial charge on any atom is -0.368 e. The first-order valence-corrected chi connectivity index (χ1v) is 8.75. The zero-order valence-corrected chi connectivity index (χ0v) is 14.2. The summed E-state index contributed by atoms with van der Waals surface area (Å²) in [5.74, 6) is 0.437. The highest BCUT2D eigenvalue weighted by molar-refractivity contribution is 5.90. The van der Waals surface area contributed by atoms with Crippen LogP contribution in [0.4, 0.5) is 10.2 Å². The molecule has 1 N–H and O–H groups in total. The summed E-state index contributed by atoms with van der Waals surface area (Å²) in [4.78, 5) is 6.96. The van der Waals surface area contributed by atoms with Crippen molar-refractivity contribution in [3.05, 3.63) is 42.2 Å². The summed E-state index contributed by atoms with van der Waals surface area (Å²) >= 11 is 0. The maximum Gasteiger partial charge on any atom is 0.260 e. The Hall–Kier alpha value is -2.47. The van der Waals surface area contributed by atoms with E-state index in [1.165, 1.54) is 25.5 Å². The molecule has 1 fully saturated rings. The van der Waals surface area contributed by atoms with Crippen LogP contribution in [0.5, 0.6) is 0 Å². The highest BCUT2D eigenvalue weighted by atomic mass is 19.1. The second-order valence-electron chi connectivity index (χ2n) is 6.37. The van der Waals surface area contributed by atoms with E-state index in [0.717, 1.165) is 18.9 Å². The smallest absolute Gasteiger partial charge is 0.260 e. The molecule has 1 aromatic carbocycles. The van der Waals surface area contributed by atoms with Crippen molar-refractivity contribution in [1.82, 2.24) is 15.0 Å². The van der Waals surface area contributed by atoms with E-state index < -0.39 is 0 Å². The van der Waals surface area contributed by atoms with Crippen molar-refractivity contribution in [2.24, 2.45) is 0 Å². The average Bonchev–Trinajstić information content (AvgIpc) is 3.26. The molecule has 1 saturated heterocycles. The van der Waals surface area contributed by atoms with E-state index in [9.17, 15) is 4.39 Å². The lowest BCUT2D eigenvalue weighted by atomic mass is 10.1. The Morgan fingerprint density at radius 3 is 3.00 bits per heavy atom. The van der Waals surface area contributed by atoms with Gasteiger partial charge in [0, 0.05) is 18.2 Å². The van der Waals surface area contributed by atoms with Gasteiger partial charge in [-0.3, -0.25) is 4.90 Å². The Balaban J connectivity index is 1.55. The predicted octanol–water partition coefficient (Wildman–Crippen LogP) is 3.93. The van der Waals surface area contributed by atoms with Gasteiger partial charge in [0.2, 0.25) is 0 Å². The monoisotopic (exact) mass is 340 g/mol. The number of rotatable bonds is 5. The first-order valence-electron chi connectivity index (χ1n) is 8.75. The van der Waals surface area contributed by atoms with Crippen molar-refractivity contribution in [1.29, 1.82) is 0 Å². The summed E-state index contributed by atoms with van der Waals surface area (Å²) in [7, 11) is 0. The number of fused-ring (bicyclic) bond motifs is 1. The Morgan fingerprint density at radius 2 is 2.16 bits per heavy atom. The number of pyridine rings is 1. The van der Waals surface area contributed by atoms with Gasteiger partial charge in [0.15, 0.2) is 0 Å². The van der Waals surface area contributed by atoms with Crippen molar-refractivity contribution in [3.63, 3.8) is 0 Å². The van der Waals surface area contributed by atoms with Gasteiger partial charge in [0.1, 0.15) is 17.3 Å². The number of nitrogens with one attached hydrogen (secondary N) is 1. The molecule has 0 spiro atoms. The lowest BCUT2D eigenvalue weighted by molar-refractivity contribution is 0.277. The van der Waals surface area contributed by atoms with Crippen LogP contribution in [-0.4, -0.2) is 40.7 Å².